The van der Waals surface area contributed by atoms with E-state index in [1.807, 2.05) is 0 Å². The molecule has 19 heavy (non-hydrogen) atoms. The van der Waals surface area contributed by atoms with Gasteiger partial charge in [-0.3, -0.25) is 0 Å². The zero-order chi connectivity index (χ0) is 14.2. The van der Waals surface area contributed by atoms with E-state index in [9.17, 15) is 0 Å². The molecule has 0 bridgehead atoms. The van der Waals surface area contributed by atoms with Crippen LogP contribution in [0.5, 0.6) is 0 Å². The van der Waals surface area contributed by atoms with Crippen molar-refractivity contribution in [3.8, 4) is 0 Å². The molecule has 1 aliphatic rings. The zero-order valence-electron chi connectivity index (χ0n) is 13.9. The summed E-state index contributed by atoms with van der Waals surface area (Å²) in [6.45, 7) is 11.4. The second-order valence-electron chi connectivity index (χ2n) is 8.11. The highest BCUT2D eigenvalue weighted by Crippen LogP contribution is 2.49. The van der Waals surface area contributed by atoms with Gasteiger partial charge in [0.25, 0.3) is 0 Å². The first-order valence-corrected chi connectivity index (χ1v) is 8.49. The third kappa shape index (κ3) is 10.4. The van der Waals surface area contributed by atoms with E-state index >= 15 is 0 Å². The van der Waals surface area contributed by atoms with Gasteiger partial charge >= 0.3 is 0 Å². The standard InChI is InChI=1S/C18H36O/c1-17(2,3)11-7-5-9-15-19-16-10-6-8-12-18(4)13-14-18/h5-16H2,1-4H3. The van der Waals surface area contributed by atoms with Gasteiger partial charge in [0.15, 0.2) is 0 Å². The predicted octanol–water partition coefficient (Wildman–Crippen LogP) is 5.97. The number of unbranched alkanes of at least 4 members (excludes halogenated alkanes) is 4. The highest BCUT2D eigenvalue weighted by molar-refractivity contribution is 4.87. The van der Waals surface area contributed by atoms with Crippen molar-refractivity contribution in [3.05, 3.63) is 0 Å². The average Bonchev–Trinajstić information content (AvgIpc) is 3.03. The van der Waals surface area contributed by atoms with Crippen molar-refractivity contribution in [2.45, 2.75) is 91.9 Å². The Balaban J connectivity index is 1.71. The van der Waals surface area contributed by atoms with Crippen LogP contribution in [0.25, 0.3) is 0 Å². The molecule has 114 valence electrons. The summed E-state index contributed by atoms with van der Waals surface area (Å²) < 4.78 is 5.71. The van der Waals surface area contributed by atoms with E-state index < -0.39 is 0 Å². The van der Waals surface area contributed by atoms with Crippen molar-refractivity contribution >= 4 is 0 Å². The molecule has 0 radical (unpaired) electrons. The van der Waals surface area contributed by atoms with E-state index in [1.54, 1.807) is 0 Å². The number of rotatable bonds is 11. The molecular formula is C18H36O. The van der Waals surface area contributed by atoms with Gasteiger partial charge in [-0.1, -0.05) is 53.4 Å². The molecule has 0 atom stereocenters. The van der Waals surface area contributed by atoms with Crippen molar-refractivity contribution in [2.75, 3.05) is 13.2 Å². The Morgan fingerprint density at radius 3 is 1.95 bits per heavy atom. The molecule has 0 aromatic carbocycles. The third-order valence-corrected chi connectivity index (χ3v) is 4.39. The van der Waals surface area contributed by atoms with Gasteiger partial charge in [-0.25, -0.2) is 0 Å². The normalized spacial score (nSPS) is 17.7. The average molecular weight is 268 g/mol. The Hall–Kier alpha value is -0.0400. The van der Waals surface area contributed by atoms with Crippen molar-refractivity contribution in [3.63, 3.8) is 0 Å². The van der Waals surface area contributed by atoms with Crippen molar-refractivity contribution < 1.29 is 4.74 Å². The summed E-state index contributed by atoms with van der Waals surface area (Å²) in [6, 6.07) is 0. The molecule has 0 amide bonds. The van der Waals surface area contributed by atoms with Gasteiger partial charge in [0.2, 0.25) is 0 Å². The highest BCUT2D eigenvalue weighted by atomic mass is 16.5. The van der Waals surface area contributed by atoms with Crippen LogP contribution in [0.2, 0.25) is 0 Å². The Labute approximate surface area is 121 Å². The predicted molar refractivity (Wildman–Crippen MR) is 84.6 cm³/mol. The van der Waals surface area contributed by atoms with Crippen LogP contribution in [0.1, 0.15) is 91.9 Å². The van der Waals surface area contributed by atoms with Gasteiger partial charge in [0, 0.05) is 13.2 Å². The topological polar surface area (TPSA) is 9.23 Å². The summed E-state index contributed by atoms with van der Waals surface area (Å²) in [5.74, 6) is 0. The number of hydrogen-bond acceptors (Lipinski definition) is 1. The van der Waals surface area contributed by atoms with Crippen LogP contribution in [0, 0.1) is 10.8 Å². The lowest BCUT2D eigenvalue weighted by Crippen LogP contribution is -2.04. The van der Waals surface area contributed by atoms with Crippen LogP contribution in [0.15, 0.2) is 0 Å². The van der Waals surface area contributed by atoms with Crippen LogP contribution in [-0.4, -0.2) is 13.2 Å². The highest BCUT2D eigenvalue weighted by Gasteiger charge is 2.35. The molecule has 1 nitrogen and oxygen atoms in total. The summed E-state index contributed by atoms with van der Waals surface area (Å²) in [7, 11) is 0. The Kier molecular flexibility index (Phi) is 7.42. The lowest BCUT2D eigenvalue weighted by Gasteiger charge is -2.17. The molecule has 0 N–H and O–H groups in total. The molecule has 0 unspecified atom stereocenters. The minimum Gasteiger partial charge on any atom is -0.381 e. The molecule has 0 spiro atoms. The van der Waals surface area contributed by atoms with Gasteiger partial charge in [0.05, 0.1) is 0 Å². The molecule has 0 heterocycles. The fraction of sp³-hybridized carbons (Fsp3) is 1.00. The van der Waals surface area contributed by atoms with Crippen LogP contribution in [0.4, 0.5) is 0 Å². The minimum atomic E-state index is 0.499. The summed E-state index contributed by atoms with van der Waals surface area (Å²) in [4.78, 5) is 0. The smallest absolute Gasteiger partial charge is 0.0466 e. The molecule has 1 rings (SSSR count). The fourth-order valence-electron chi connectivity index (χ4n) is 2.53. The van der Waals surface area contributed by atoms with E-state index in [1.165, 1.54) is 64.2 Å². The molecule has 1 aliphatic carbocycles. The first kappa shape index (κ1) is 17.0. The minimum absolute atomic E-state index is 0.499. The van der Waals surface area contributed by atoms with Gasteiger partial charge in [-0.2, -0.15) is 0 Å². The second kappa shape index (κ2) is 8.29. The molecule has 1 fully saturated rings. The van der Waals surface area contributed by atoms with Gasteiger partial charge < -0.3 is 4.74 Å². The lowest BCUT2D eigenvalue weighted by atomic mass is 9.89. The van der Waals surface area contributed by atoms with Gasteiger partial charge in [-0.15, -0.1) is 0 Å². The molecule has 1 saturated carbocycles. The van der Waals surface area contributed by atoms with E-state index in [0.29, 0.717) is 5.41 Å². The van der Waals surface area contributed by atoms with E-state index in [0.717, 1.165) is 18.6 Å². The Morgan fingerprint density at radius 2 is 1.42 bits per heavy atom. The number of ether oxygens (including phenoxy) is 1. The molecular weight excluding hydrogens is 232 g/mol. The molecule has 0 saturated heterocycles. The lowest BCUT2D eigenvalue weighted by molar-refractivity contribution is 0.124. The zero-order valence-corrected chi connectivity index (χ0v) is 13.9. The van der Waals surface area contributed by atoms with Crippen molar-refractivity contribution in [1.29, 1.82) is 0 Å². The SMILES string of the molecule is CC(C)(C)CCCCCOCCCCCC1(C)CC1. The second-order valence-corrected chi connectivity index (χ2v) is 8.11. The largest absolute Gasteiger partial charge is 0.381 e. The maximum atomic E-state index is 5.71. The molecule has 0 aliphatic heterocycles. The molecule has 1 heteroatoms. The van der Waals surface area contributed by atoms with Crippen LogP contribution >= 0.6 is 0 Å². The maximum absolute atomic E-state index is 5.71. The molecule has 0 aromatic rings. The van der Waals surface area contributed by atoms with Crippen molar-refractivity contribution in [2.24, 2.45) is 10.8 Å². The maximum Gasteiger partial charge on any atom is 0.0466 e. The van der Waals surface area contributed by atoms with Crippen LogP contribution < -0.4 is 0 Å². The van der Waals surface area contributed by atoms with E-state index in [4.69, 9.17) is 4.74 Å². The first-order chi connectivity index (χ1) is 8.91. The fourth-order valence-corrected chi connectivity index (χ4v) is 2.53. The Morgan fingerprint density at radius 1 is 0.842 bits per heavy atom. The quantitative estimate of drug-likeness (QED) is 0.419. The monoisotopic (exact) mass is 268 g/mol. The summed E-state index contributed by atoms with van der Waals surface area (Å²) in [5, 5.41) is 0. The first-order valence-electron chi connectivity index (χ1n) is 8.49. The third-order valence-electron chi connectivity index (χ3n) is 4.39. The van der Waals surface area contributed by atoms with Crippen LogP contribution in [-0.2, 0) is 4.74 Å². The van der Waals surface area contributed by atoms with E-state index in [2.05, 4.69) is 27.7 Å². The summed E-state index contributed by atoms with van der Waals surface area (Å²) >= 11 is 0. The van der Waals surface area contributed by atoms with Crippen LogP contribution in [0.3, 0.4) is 0 Å². The number of hydrogen-bond donors (Lipinski definition) is 0. The summed E-state index contributed by atoms with van der Waals surface area (Å²) in [6.07, 6.45) is 13.7. The van der Waals surface area contributed by atoms with E-state index in [-0.39, 0.29) is 0 Å². The van der Waals surface area contributed by atoms with Crippen molar-refractivity contribution in [1.82, 2.24) is 0 Å². The summed E-state index contributed by atoms with van der Waals surface area (Å²) in [5.41, 5.74) is 1.24. The van der Waals surface area contributed by atoms with Gasteiger partial charge in [0.1, 0.15) is 0 Å². The van der Waals surface area contributed by atoms with Gasteiger partial charge in [-0.05, 0) is 49.4 Å². The molecule has 0 aromatic heterocycles. The Bertz CT molecular complexity index is 209.